The minimum absolute atomic E-state index is 0.425. The highest BCUT2D eigenvalue weighted by atomic mass is 79.9. The van der Waals surface area contributed by atoms with Gasteiger partial charge in [0.15, 0.2) is 0 Å². The highest BCUT2D eigenvalue weighted by Crippen LogP contribution is 2.51. The van der Waals surface area contributed by atoms with Crippen molar-refractivity contribution in [2.75, 3.05) is 0 Å². The molecule has 1 saturated carbocycles. The average molecular weight is 307 g/mol. The topological polar surface area (TPSA) is 33.4 Å². The summed E-state index contributed by atoms with van der Waals surface area (Å²) in [6.45, 7) is 1.90. The van der Waals surface area contributed by atoms with E-state index < -0.39 is 5.60 Å². The second-order valence-corrected chi connectivity index (χ2v) is 6.01. The molecule has 3 rings (SSSR count). The molecule has 0 atom stereocenters. The summed E-state index contributed by atoms with van der Waals surface area (Å²) in [5.41, 5.74) is 0.512. The first-order valence-corrected chi connectivity index (χ1v) is 6.91. The number of aliphatic hydroxyl groups is 1. The molecule has 1 fully saturated rings. The summed E-state index contributed by atoms with van der Waals surface area (Å²) in [6.07, 6.45) is 1.48. The van der Waals surface area contributed by atoms with E-state index in [-0.39, 0.29) is 0 Å². The van der Waals surface area contributed by atoms with Crippen LogP contribution in [0.2, 0.25) is 0 Å². The molecule has 1 heterocycles. The van der Waals surface area contributed by atoms with Crippen LogP contribution in [0.5, 0.6) is 0 Å². The number of hydrogen-bond donors (Lipinski definition) is 1. The molecule has 1 aromatic heterocycles. The monoisotopic (exact) mass is 306 g/mol. The normalized spacial score (nSPS) is 26.9. The Morgan fingerprint density at radius 1 is 1.17 bits per heavy atom. The molecule has 2 nitrogen and oxygen atoms in total. The summed E-state index contributed by atoms with van der Waals surface area (Å²) in [5, 5.41) is 10.5. The lowest BCUT2D eigenvalue weighted by atomic mass is 9.67. The van der Waals surface area contributed by atoms with Gasteiger partial charge in [-0.2, -0.15) is 0 Å². The first kappa shape index (κ1) is 12.0. The van der Waals surface area contributed by atoms with Gasteiger partial charge < -0.3 is 9.52 Å². The van der Waals surface area contributed by atoms with Crippen molar-refractivity contribution >= 4 is 15.9 Å². The van der Waals surface area contributed by atoms with E-state index in [1.54, 1.807) is 0 Å². The Labute approximate surface area is 115 Å². The van der Waals surface area contributed by atoms with Gasteiger partial charge in [0, 0.05) is 4.47 Å². The van der Waals surface area contributed by atoms with Gasteiger partial charge in [-0.25, -0.2) is 0 Å². The quantitative estimate of drug-likeness (QED) is 0.905. The standard InChI is InChI=1S/C15H15BrO2/c1-10-2-7-14(18-10)15(17)8-12(9-15)11-3-5-13(16)6-4-11/h2-7,12,17H,8-9H2,1H3. The fraction of sp³-hybridized carbons (Fsp3) is 0.333. The van der Waals surface area contributed by atoms with Crippen molar-refractivity contribution in [2.45, 2.75) is 31.3 Å². The van der Waals surface area contributed by atoms with E-state index in [0.29, 0.717) is 11.7 Å². The summed E-state index contributed by atoms with van der Waals surface area (Å²) in [5.74, 6) is 1.98. The molecule has 1 N–H and O–H groups in total. The SMILES string of the molecule is Cc1ccc(C2(O)CC(c3ccc(Br)cc3)C2)o1. The van der Waals surface area contributed by atoms with Gasteiger partial charge in [-0.3, -0.25) is 0 Å². The van der Waals surface area contributed by atoms with Crippen LogP contribution in [0.4, 0.5) is 0 Å². The van der Waals surface area contributed by atoms with E-state index in [1.165, 1.54) is 5.56 Å². The Hall–Kier alpha value is -1.06. The van der Waals surface area contributed by atoms with Crippen molar-refractivity contribution in [1.82, 2.24) is 0 Å². The maximum Gasteiger partial charge on any atom is 0.135 e. The molecule has 0 bridgehead atoms. The minimum Gasteiger partial charge on any atom is -0.463 e. The van der Waals surface area contributed by atoms with Crippen molar-refractivity contribution in [2.24, 2.45) is 0 Å². The van der Waals surface area contributed by atoms with E-state index >= 15 is 0 Å². The molecule has 1 aliphatic carbocycles. The molecule has 2 aromatic rings. The summed E-state index contributed by atoms with van der Waals surface area (Å²) >= 11 is 3.43. The second kappa shape index (κ2) is 4.25. The van der Waals surface area contributed by atoms with Crippen molar-refractivity contribution < 1.29 is 9.52 Å². The number of rotatable bonds is 2. The van der Waals surface area contributed by atoms with Gasteiger partial charge in [-0.05, 0) is 55.5 Å². The summed E-state index contributed by atoms with van der Waals surface area (Å²) in [4.78, 5) is 0. The van der Waals surface area contributed by atoms with E-state index in [1.807, 2.05) is 31.2 Å². The molecule has 0 saturated heterocycles. The van der Waals surface area contributed by atoms with Gasteiger partial charge in [0.1, 0.15) is 17.1 Å². The molecule has 0 unspecified atom stereocenters. The number of hydrogen-bond acceptors (Lipinski definition) is 2. The lowest BCUT2D eigenvalue weighted by Gasteiger charge is -2.42. The second-order valence-electron chi connectivity index (χ2n) is 5.10. The predicted octanol–water partition coefficient (Wildman–Crippen LogP) is 4.12. The van der Waals surface area contributed by atoms with Gasteiger partial charge in [0.25, 0.3) is 0 Å². The highest BCUT2D eigenvalue weighted by Gasteiger charge is 2.46. The van der Waals surface area contributed by atoms with Crippen LogP contribution in [-0.2, 0) is 5.60 Å². The van der Waals surface area contributed by atoms with Crippen molar-refractivity contribution in [3.8, 4) is 0 Å². The van der Waals surface area contributed by atoms with Gasteiger partial charge in [0.2, 0.25) is 0 Å². The first-order valence-electron chi connectivity index (χ1n) is 6.12. The smallest absolute Gasteiger partial charge is 0.135 e. The molecular weight excluding hydrogens is 292 g/mol. The van der Waals surface area contributed by atoms with Crippen LogP contribution in [0.3, 0.4) is 0 Å². The van der Waals surface area contributed by atoms with E-state index in [0.717, 1.165) is 23.1 Å². The third kappa shape index (κ3) is 2.02. The number of furan rings is 1. The number of aryl methyl sites for hydroxylation is 1. The summed E-state index contributed by atoms with van der Waals surface area (Å²) < 4.78 is 6.62. The average Bonchev–Trinajstić information content (AvgIpc) is 2.73. The summed E-state index contributed by atoms with van der Waals surface area (Å²) in [7, 11) is 0. The Kier molecular flexibility index (Phi) is 2.83. The minimum atomic E-state index is -0.772. The van der Waals surface area contributed by atoms with Crippen molar-refractivity contribution in [3.05, 3.63) is 58.0 Å². The zero-order chi connectivity index (χ0) is 12.8. The fourth-order valence-corrected chi connectivity index (χ4v) is 2.88. The Balaban J connectivity index is 1.74. The van der Waals surface area contributed by atoms with Crippen molar-refractivity contribution in [1.29, 1.82) is 0 Å². The van der Waals surface area contributed by atoms with Crippen LogP contribution in [0, 0.1) is 6.92 Å². The van der Waals surface area contributed by atoms with Crippen molar-refractivity contribution in [3.63, 3.8) is 0 Å². The molecule has 3 heteroatoms. The van der Waals surface area contributed by atoms with Gasteiger partial charge >= 0.3 is 0 Å². The Bertz CT molecular complexity index is 550. The molecule has 1 aliphatic rings. The summed E-state index contributed by atoms with van der Waals surface area (Å²) in [6, 6.07) is 12.1. The molecule has 0 amide bonds. The number of halogens is 1. The highest BCUT2D eigenvalue weighted by molar-refractivity contribution is 9.10. The Morgan fingerprint density at radius 2 is 1.83 bits per heavy atom. The molecule has 18 heavy (non-hydrogen) atoms. The van der Waals surface area contributed by atoms with E-state index in [2.05, 4.69) is 28.1 Å². The van der Waals surface area contributed by atoms with Crippen LogP contribution in [0.15, 0.2) is 45.3 Å². The maximum atomic E-state index is 10.5. The Morgan fingerprint density at radius 3 is 2.39 bits per heavy atom. The van der Waals surface area contributed by atoms with Crippen LogP contribution in [0.1, 0.15) is 35.8 Å². The molecule has 0 radical (unpaired) electrons. The van der Waals surface area contributed by atoms with E-state index in [4.69, 9.17) is 4.42 Å². The third-order valence-electron chi connectivity index (χ3n) is 3.71. The van der Waals surface area contributed by atoms with Crippen LogP contribution in [0.25, 0.3) is 0 Å². The van der Waals surface area contributed by atoms with Crippen LogP contribution < -0.4 is 0 Å². The molecule has 94 valence electrons. The molecule has 0 aliphatic heterocycles. The van der Waals surface area contributed by atoms with E-state index in [9.17, 15) is 5.11 Å². The maximum absolute atomic E-state index is 10.5. The predicted molar refractivity (Wildman–Crippen MR) is 73.5 cm³/mol. The molecule has 1 aromatic carbocycles. The van der Waals surface area contributed by atoms with Gasteiger partial charge in [-0.1, -0.05) is 28.1 Å². The molecule has 0 spiro atoms. The van der Waals surface area contributed by atoms with Gasteiger partial charge in [0.05, 0.1) is 0 Å². The van der Waals surface area contributed by atoms with Gasteiger partial charge in [-0.15, -0.1) is 0 Å². The first-order chi connectivity index (χ1) is 8.57. The lowest BCUT2D eigenvalue weighted by Crippen LogP contribution is -2.39. The zero-order valence-corrected chi connectivity index (χ0v) is 11.8. The third-order valence-corrected chi connectivity index (χ3v) is 4.24. The number of benzene rings is 1. The van der Waals surface area contributed by atoms with Crippen LogP contribution >= 0.6 is 15.9 Å². The zero-order valence-electron chi connectivity index (χ0n) is 10.2. The molecular formula is C15H15BrO2. The largest absolute Gasteiger partial charge is 0.463 e. The lowest BCUT2D eigenvalue weighted by molar-refractivity contribution is -0.0721. The fourth-order valence-electron chi connectivity index (χ4n) is 2.61. The van der Waals surface area contributed by atoms with Crippen LogP contribution in [-0.4, -0.2) is 5.11 Å².